The molecule has 6 aromatic rings. The monoisotopic (exact) mass is 1060 g/mol. The van der Waals surface area contributed by atoms with Crippen LogP contribution < -0.4 is 21.8 Å². The fraction of sp³-hybridized carbons (Fsp3) is 0.395. The number of alkyl carbamates (subject to hydrolysis) is 2. The SMILES string of the molecule is CC(C)(C)OC(=O)NCc1ccc(B(O)O)cc1.Cc1nc(-c2ccc(CN)cc2)n(C)n1.Cc1nc(-c2ccc(CNC(=O)OC(C)(C)C)cc2)n(C)n1.Cl.Cl.Cn1nc(C(F)(F)F)nc1Br. The van der Waals surface area contributed by atoms with Gasteiger partial charge in [0.2, 0.25) is 0 Å². The number of rotatable bonds is 8. The lowest BCUT2D eigenvalue weighted by molar-refractivity contribution is -0.145. The summed E-state index contributed by atoms with van der Waals surface area (Å²) in [7, 11) is 3.66. The van der Waals surface area contributed by atoms with Crippen molar-refractivity contribution < 1.29 is 42.3 Å². The van der Waals surface area contributed by atoms with Crippen molar-refractivity contribution in [3.63, 3.8) is 0 Å². The van der Waals surface area contributed by atoms with Crippen molar-refractivity contribution in [3.8, 4) is 22.8 Å². The van der Waals surface area contributed by atoms with Crippen LogP contribution in [0.5, 0.6) is 0 Å². The molecule has 68 heavy (non-hydrogen) atoms. The lowest BCUT2D eigenvalue weighted by Crippen LogP contribution is -2.32. The van der Waals surface area contributed by atoms with E-state index in [-0.39, 0.29) is 29.5 Å². The molecule has 18 nitrogen and oxygen atoms in total. The number of hydrogen-bond donors (Lipinski definition) is 5. The minimum Gasteiger partial charge on any atom is -0.444 e. The van der Waals surface area contributed by atoms with Gasteiger partial charge in [-0.05, 0) is 93.5 Å². The molecule has 25 heteroatoms. The molecule has 0 spiro atoms. The van der Waals surface area contributed by atoms with Crippen molar-refractivity contribution in [3.05, 3.63) is 112 Å². The summed E-state index contributed by atoms with van der Waals surface area (Å²) in [4.78, 5) is 34.9. The molecule has 3 aromatic heterocycles. The van der Waals surface area contributed by atoms with Gasteiger partial charge in [0.05, 0.1) is 0 Å². The Morgan fingerprint density at radius 1 is 0.647 bits per heavy atom. The van der Waals surface area contributed by atoms with Gasteiger partial charge in [0.1, 0.15) is 22.9 Å². The van der Waals surface area contributed by atoms with Crippen molar-refractivity contribution in [1.29, 1.82) is 0 Å². The number of alkyl halides is 3. The quantitative estimate of drug-likeness (QED) is 0.0978. The summed E-state index contributed by atoms with van der Waals surface area (Å²) in [6, 6.07) is 22.5. The van der Waals surface area contributed by atoms with E-state index in [2.05, 4.69) is 56.8 Å². The third-order valence-electron chi connectivity index (χ3n) is 8.31. The molecule has 0 bridgehead atoms. The molecule has 6 rings (SSSR count). The summed E-state index contributed by atoms with van der Waals surface area (Å²) in [6.45, 7) is 16.0. The van der Waals surface area contributed by atoms with Crippen LogP contribution in [0.25, 0.3) is 22.8 Å². The highest BCUT2D eigenvalue weighted by atomic mass is 79.9. The van der Waals surface area contributed by atoms with Crippen molar-refractivity contribution >= 4 is 65.5 Å². The van der Waals surface area contributed by atoms with Crippen LogP contribution in [0.3, 0.4) is 0 Å². The standard InChI is InChI=1S/C16H22N4O2.C12H18BNO4.C11H14N4.C4H3BrF3N3.2ClH/c1-11-18-14(20(5)19-11)13-8-6-12(7-9-13)10-17-15(21)22-16(2,3)4;1-12(2,3)18-11(15)14-8-9-4-6-10(7-5-9)13(16)17;1-8-13-11(15(2)14-8)10-5-3-9(7-12)4-6-10;1-11-3(5)9-2(10-11)4(6,7)8;;/h6-9H,10H2,1-5H3,(H,17,21);4-7,16-17H,8H2,1-3H3,(H,14,15);3-6H,7,12H2,1-2H3;1H3;2*1H. The predicted molar refractivity (Wildman–Crippen MR) is 261 cm³/mol. The Morgan fingerprint density at radius 2 is 1.01 bits per heavy atom. The van der Waals surface area contributed by atoms with Gasteiger partial charge in [-0.25, -0.2) is 33.6 Å². The zero-order valence-electron chi connectivity index (χ0n) is 39.6. The highest BCUT2D eigenvalue weighted by molar-refractivity contribution is 9.10. The van der Waals surface area contributed by atoms with Gasteiger partial charge in [-0.15, -0.1) is 29.9 Å². The highest BCUT2D eigenvalue weighted by Crippen LogP contribution is 2.27. The Balaban J connectivity index is 0.000000461. The smallest absolute Gasteiger partial charge is 0.444 e. The lowest BCUT2D eigenvalue weighted by atomic mass is 9.80. The van der Waals surface area contributed by atoms with Gasteiger partial charge in [0, 0.05) is 51.9 Å². The normalized spacial score (nSPS) is 10.9. The first kappa shape index (κ1) is 60.4. The molecule has 372 valence electrons. The molecular weight excluding hydrogens is 999 g/mol. The summed E-state index contributed by atoms with van der Waals surface area (Å²) in [6.07, 6.45) is -5.36. The summed E-state index contributed by atoms with van der Waals surface area (Å²) < 4.78 is 50.4. The van der Waals surface area contributed by atoms with E-state index in [1.54, 1.807) is 54.4 Å². The fourth-order valence-electron chi connectivity index (χ4n) is 5.36. The number of aromatic nitrogens is 9. The molecule has 0 atom stereocenters. The van der Waals surface area contributed by atoms with Crippen LogP contribution in [0.4, 0.5) is 22.8 Å². The Hall–Kier alpha value is -5.59. The topological polar surface area (TPSA) is 235 Å². The molecule has 0 saturated carbocycles. The summed E-state index contributed by atoms with van der Waals surface area (Å²) in [5, 5.41) is 34.8. The molecule has 0 aliphatic carbocycles. The third-order valence-corrected chi connectivity index (χ3v) is 9.00. The van der Waals surface area contributed by atoms with Crippen LogP contribution in [-0.2, 0) is 56.4 Å². The molecule has 0 unspecified atom stereocenters. The first-order valence-electron chi connectivity index (χ1n) is 20.3. The van der Waals surface area contributed by atoms with E-state index < -0.39 is 42.5 Å². The molecule has 0 radical (unpaired) electrons. The molecule has 0 fully saturated rings. The van der Waals surface area contributed by atoms with Crippen LogP contribution in [0.2, 0.25) is 0 Å². The highest BCUT2D eigenvalue weighted by Gasteiger charge is 2.36. The van der Waals surface area contributed by atoms with Crippen molar-refractivity contribution in [2.45, 2.75) is 92.4 Å². The predicted octanol–water partition coefficient (Wildman–Crippen LogP) is 6.90. The maximum Gasteiger partial charge on any atom is 0.488 e. The Kier molecular flexibility index (Phi) is 23.8. The molecule has 2 amide bonds. The van der Waals surface area contributed by atoms with Gasteiger partial charge in [-0.2, -0.15) is 28.4 Å². The molecule has 0 saturated heterocycles. The first-order chi connectivity index (χ1) is 30.6. The van der Waals surface area contributed by atoms with Gasteiger partial charge in [0.25, 0.3) is 5.82 Å². The van der Waals surface area contributed by atoms with Gasteiger partial charge >= 0.3 is 25.5 Å². The second-order valence-electron chi connectivity index (χ2n) is 16.5. The van der Waals surface area contributed by atoms with E-state index in [4.69, 9.17) is 25.3 Å². The number of aryl methyl sites for hydroxylation is 5. The number of nitrogens with two attached hydrogens (primary N) is 1. The number of benzene rings is 3. The number of ether oxygens (including phenoxy) is 2. The minimum absolute atomic E-state index is 0. The zero-order valence-corrected chi connectivity index (χ0v) is 42.8. The Bertz CT molecular complexity index is 2460. The zero-order chi connectivity index (χ0) is 49.6. The van der Waals surface area contributed by atoms with Crippen LogP contribution in [0.1, 0.15) is 75.7 Å². The molecule has 3 heterocycles. The fourth-order valence-corrected chi connectivity index (χ4v) is 5.61. The van der Waals surface area contributed by atoms with Gasteiger partial charge in [-0.3, -0.25) is 0 Å². The molecule has 3 aromatic carbocycles. The van der Waals surface area contributed by atoms with Crippen LogP contribution in [0, 0.1) is 13.8 Å². The van der Waals surface area contributed by atoms with Crippen molar-refractivity contribution in [2.75, 3.05) is 0 Å². The number of carbonyl (C=O) groups excluding carboxylic acids is 2. The van der Waals surface area contributed by atoms with Gasteiger partial charge < -0.3 is 35.9 Å². The second kappa shape index (κ2) is 26.8. The maximum absolute atomic E-state index is 11.8. The summed E-state index contributed by atoms with van der Waals surface area (Å²) >= 11 is 2.80. The van der Waals surface area contributed by atoms with Crippen LogP contribution >= 0.6 is 40.7 Å². The van der Waals surface area contributed by atoms with Crippen molar-refractivity contribution in [2.24, 2.45) is 26.9 Å². The van der Waals surface area contributed by atoms with Gasteiger partial charge in [0.15, 0.2) is 16.4 Å². The molecule has 0 aliphatic rings. The number of carbonyl (C=O) groups is 2. The van der Waals surface area contributed by atoms with E-state index in [1.165, 1.54) is 7.05 Å². The third kappa shape index (κ3) is 21.2. The van der Waals surface area contributed by atoms with E-state index in [0.29, 0.717) is 25.1 Å². The maximum atomic E-state index is 11.8. The Morgan fingerprint density at radius 3 is 1.28 bits per heavy atom. The van der Waals surface area contributed by atoms with Crippen molar-refractivity contribution in [1.82, 2.24) is 54.9 Å². The lowest BCUT2D eigenvalue weighted by Gasteiger charge is -2.19. The molecule has 0 aliphatic heterocycles. The number of amides is 2. The van der Waals surface area contributed by atoms with Crippen LogP contribution in [-0.4, -0.2) is 84.8 Å². The van der Waals surface area contributed by atoms with E-state index in [0.717, 1.165) is 55.8 Å². The summed E-state index contributed by atoms with van der Waals surface area (Å²) in [5.41, 5.74) is 9.97. The van der Waals surface area contributed by atoms with Gasteiger partial charge in [-0.1, -0.05) is 72.8 Å². The van der Waals surface area contributed by atoms with E-state index in [1.807, 2.05) is 97.2 Å². The first-order valence-corrected chi connectivity index (χ1v) is 21.1. The van der Waals surface area contributed by atoms with Crippen LogP contribution in [0.15, 0.2) is 77.5 Å². The number of hydrogen-bond acceptors (Lipinski definition) is 13. The average molecular weight is 1060 g/mol. The number of nitrogens with one attached hydrogen (secondary N) is 2. The van der Waals surface area contributed by atoms with E-state index >= 15 is 0 Å². The Labute approximate surface area is 414 Å². The number of halogens is 6. The average Bonchev–Trinajstić information content (AvgIpc) is 3.88. The minimum atomic E-state index is -4.47. The molecular formula is C43H59BBrCl2F3N12O6. The molecule has 6 N–H and O–H groups in total. The summed E-state index contributed by atoms with van der Waals surface area (Å²) in [5.74, 6) is 2.11. The number of nitrogens with zero attached hydrogens (tertiary/aromatic N) is 9. The van der Waals surface area contributed by atoms with E-state index in [9.17, 15) is 22.8 Å². The largest absolute Gasteiger partial charge is 0.488 e. The second-order valence-corrected chi connectivity index (χ2v) is 17.2.